The molecule has 3 nitrogen and oxygen atoms in total. The minimum absolute atomic E-state index is 0.0130. The van der Waals surface area contributed by atoms with Crippen molar-refractivity contribution < 1.29 is 14.7 Å². The van der Waals surface area contributed by atoms with Crippen LogP contribution in [0.4, 0.5) is 0 Å². The van der Waals surface area contributed by atoms with E-state index in [1.807, 2.05) is 54.6 Å². The highest BCUT2D eigenvalue weighted by Gasteiger charge is 2.13. The van der Waals surface area contributed by atoms with E-state index in [9.17, 15) is 14.7 Å². The molecule has 4 aromatic rings. The van der Waals surface area contributed by atoms with Crippen LogP contribution in [0.25, 0.3) is 32.3 Å². The monoisotopic (exact) mass is 328 g/mol. The van der Waals surface area contributed by atoms with E-state index in [4.69, 9.17) is 0 Å². The SMILES string of the molecule is O=CCc1cc2c3ccccc3c(CC(=O)O)cc2c2ccccc12. The van der Waals surface area contributed by atoms with Gasteiger partial charge in [-0.25, -0.2) is 0 Å². The second kappa shape index (κ2) is 6.02. The van der Waals surface area contributed by atoms with E-state index in [1.54, 1.807) is 0 Å². The van der Waals surface area contributed by atoms with E-state index in [1.165, 1.54) is 0 Å². The summed E-state index contributed by atoms with van der Waals surface area (Å²) in [6.07, 6.45) is 1.27. The topological polar surface area (TPSA) is 54.4 Å². The van der Waals surface area contributed by atoms with Crippen molar-refractivity contribution in [1.82, 2.24) is 0 Å². The van der Waals surface area contributed by atoms with E-state index >= 15 is 0 Å². The zero-order valence-corrected chi connectivity index (χ0v) is 13.5. The molecule has 0 radical (unpaired) electrons. The number of benzene rings is 4. The third kappa shape index (κ3) is 2.54. The Bertz CT molecular complexity index is 1140. The number of carbonyl (C=O) groups excluding carboxylic acids is 1. The number of hydrogen-bond donors (Lipinski definition) is 1. The fraction of sp³-hybridized carbons (Fsp3) is 0.0909. The first kappa shape index (κ1) is 15.3. The molecule has 0 saturated carbocycles. The molecule has 0 aliphatic heterocycles. The summed E-state index contributed by atoms with van der Waals surface area (Å²) in [5.74, 6) is -0.841. The van der Waals surface area contributed by atoms with E-state index in [-0.39, 0.29) is 6.42 Å². The summed E-state index contributed by atoms with van der Waals surface area (Å²) in [5.41, 5.74) is 1.80. The number of carboxylic acid groups (broad SMARTS) is 1. The minimum atomic E-state index is -0.841. The molecule has 4 rings (SSSR count). The molecule has 0 saturated heterocycles. The highest BCUT2D eigenvalue weighted by molar-refractivity contribution is 6.19. The summed E-state index contributed by atoms with van der Waals surface area (Å²) >= 11 is 0. The Balaban J connectivity index is 2.21. The van der Waals surface area contributed by atoms with Crippen molar-refractivity contribution in [2.45, 2.75) is 12.8 Å². The smallest absolute Gasteiger partial charge is 0.307 e. The lowest BCUT2D eigenvalue weighted by Crippen LogP contribution is -2.01. The zero-order valence-electron chi connectivity index (χ0n) is 13.5. The largest absolute Gasteiger partial charge is 0.481 e. The van der Waals surface area contributed by atoms with E-state index < -0.39 is 5.97 Å². The van der Waals surface area contributed by atoms with Gasteiger partial charge in [0.15, 0.2) is 0 Å². The molecule has 0 bridgehead atoms. The van der Waals surface area contributed by atoms with Gasteiger partial charge >= 0.3 is 5.97 Å². The molecule has 0 amide bonds. The molecule has 0 aromatic heterocycles. The van der Waals surface area contributed by atoms with Crippen LogP contribution in [0, 0.1) is 0 Å². The Hall–Kier alpha value is -3.20. The van der Waals surface area contributed by atoms with Crippen LogP contribution in [0.2, 0.25) is 0 Å². The Kier molecular flexibility index (Phi) is 3.69. The van der Waals surface area contributed by atoms with Gasteiger partial charge in [-0.1, -0.05) is 48.5 Å². The lowest BCUT2D eigenvalue weighted by molar-refractivity contribution is -0.136. The molecule has 0 unspecified atom stereocenters. The first-order valence-electron chi connectivity index (χ1n) is 8.19. The quantitative estimate of drug-likeness (QED) is 0.443. The molecule has 0 aliphatic rings. The van der Waals surface area contributed by atoms with Crippen molar-refractivity contribution in [3.8, 4) is 0 Å². The Morgan fingerprint density at radius 1 is 0.760 bits per heavy atom. The molecule has 0 spiro atoms. The molecule has 4 aromatic carbocycles. The van der Waals surface area contributed by atoms with Crippen LogP contribution in [0.3, 0.4) is 0 Å². The molecule has 0 atom stereocenters. The third-order valence-corrected chi connectivity index (χ3v) is 4.70. The molecular weight excluding hydrogens is 312 g/mol. The van der Waals surface area contributed by atoms with Gasteiger partial charge in [-0.15, -0.1) is 0 Å². The molecule has 3 heteroatoms. The summed E-state index contributed by atoms with van der Waals surface area (Å²) in [7, 11) is 0. The predicted octanol–water partition coefficient (Wildman–Crippen LogP) is 4.51. The number of aldehydes is 1. The summed E-state index contributed by atoms with van der Waals surface area (Å²) in [5, 5.41) is 15.4. The Morgan fingerprint density at radius 2 is 1.24 bits per heavy atom. The molecular formula is C22H16O3. The summed E-state index contributed by atoms with van der Waals surface area (Å²) in [4.78, 5) is 22.4. The van der Waals surface area contributed by atoms with E-state index in [0.29, 0.717) is 6.42 Å². The third-order valence-electron chi connectivity index (χ3n) is 4.70. The number of rotatable bonds is 4. The number of carbonyl (C=O) groups is 2. The van der Waals surface area contributed by atoms with Crippen molar-refractivity contribution in [3.05, 3.63) is 71.8 Å². The van der Waals surface area contributed by atoms with E-state index in [0.717, 1.165) is 49.7 Å². The van der Waals surface area contributed by atoms with Gasteiger partial charge in [0, 0.05) is 6.42 Å². The van der Waals surface area contributed by atoms with Crippen molar-refractivity contribution in [2.75, 3.05) is 0 Å². The lowest BCUT2D eigenvalue weighted by Gasteiger charge is -2.14. The second-order valence-electron chi connectivity index (χ2n) is 6.20. The van der Waals surface area contributed by atoms with Gasteiger partial charge in [-0.3, -0.25) is 4.79 Å². The van der Waals surface area contributed by atoms with Gasteiger partial charge in [-0.05, 0) is 55.6 Å². The highest BCUT2D eigenvalue weighted by Crippen LogP contribution is 2.35. The summed E-state index contributed by atoms with van der Waals surface area (Å²) in [6.45, 7) is 0. The van der Waals surface area contributed by atoms with Crippen LogP contribution in [0.1, 0.15) is 11.1 Å². The number of hydrogen-bond acceptors (Lipinski definition) is 2. The maximum absolute atomic E-state index is 11.3. The highest BCUT2D eigenvalue weighted by atomic mass is 16.4. The second-order valence-corrected chi connectivity index (χ2v) is 6.20. The number of aliphatic carboxylic acids is 1. The summed E-state index contributed by atoms with van der Waals surface area (Å²) < 4.78 is 0. The van der Waals surface area contributed by atoms with Crippen molar-refractivity contribution in [1.29, 1.82) is 0 Å². The van der Waals surface area contributed by atoms with Crippen molar-refractivity contribution in [3.63, 3.8) is 0 Å². The van der Waals surface area contributed by atoms with Crippen molar-refractivity contribution in [2.24, 2.45) is 0 Å². The molecule has 1 N–H and O–H groups in total. The van der Waals surface area contributed by atoms with Gasteiger partial charge in [0.05, 0.1) is 6.42 Å². The van der Waals surface area contributed by atoms with Gasteiger partial charge in [0.2, 0.25) is 0 Å². The van der Waals surface area contributed by atoms with Gasteiger partial charge in [0.1, 0.15) is 6.29 Å². The van der Waals surface area contributed by atoms with Crippen LogP contribution in [-0.2, 0) is 22.4 Å². The average Bonchev–Trinajstić information content (AvgIpc) is 2.62. The molecule has 25 heavy (non-hydrogen) atoms. The predicted molar refractivity (Wildman–Crippen MR) is 100 cm³/mol. The van der Waals surface area contributed by atoms with E-state index in [2.05, 4.69) is 6.07 Å². The van der Waals surface area contributed by atoms with Crippen LogP contribution in [0.5, 0.6) is 0 Å². The fourth-order valence-corrected chi connectivity index (χ4v) is 3.67. The summed E-state index contributed by atoms with van der Waals surface area (Å²) in [6, 6.07) is 19.9. The Morgan fingerprint density at radius 3 is 1.76 bits per heavy atom. The molecule has 0 heterocycles. The number of carboxylic acids is 1. The molecule has 0 fully saturated rings. The average molecular weight is 328 g/mol. The normalized spacial score (nSPS) is 11.2. The first-order chi connectivity index (χ1) is 12.2. The van der Waals surface area contributed by atoms with Crippen LogP contribution < -0.4 is 0 Å². The lowest BCUT2D eigenvalue weighted by atomic mass is 9.90. The number of fused-ring (bicyclic) bond motifs is 5. The van der Waals surface area contributed by atoms with Crippen LogP contribution in [-0.4, -0.2) is 17.4 Å². The van der Waals surface area contributed by atoms with Gasteiger partial charge in [-0.2, -0.15) is 0 Å². The minimum Gasteiger partial charge on any atom is -0.481 e. The maximum Gasteiger partial charge on any atom is 0.307 e. The zero-order chi connectivity index (χ0) is 17.4. The van der Waals surface area contributed by atoms with Crippen LogP contribution >= 0.6 is 0 Å². The molecule has 0 aliphatic carbocycles. The Labute approximate surface area is 144 Å². The fourth-order valence-electron chi connectivity index (χ4n) is 3.67. The van der Waals surface area contributed by atoms with Crippen molar-refractivity contribution >= 4 is 44.6 Å². The standard InChI is InChI=1S/C22H16O3/c23-10-9-14-11-20-19-8-4-2-6-17(19)15(13-22(24)25)12-21(20)18-7-3-1-5-16(14)18/h1-8,10-12H,9,13H2,(H,24,25). The van der Waals surface area contributed by atoms with Crippen LogP contribution in [0.15, 0.2) is 60.7 Å². The van der Waals surface area contributed by atoms with Gasteiger partial charge in [0.25, 0.3) is 0 Å². The maximum atomic E-state index is 11.3. The first-order valence-corrected chi connectivity index (χ1v) is 8.19. The van der Waals surface area contributed by atoms with Gasteiger partial charge < -0.3 is 9.90 Å². The molecule has 122 valence electrons.